The minimum atomic E-state index is 0.177. The average molecular weight is 290 g/mol. The molecule has 0 atom stereocenters. The van der Waals surface area contributed by atoms with Gasteiger partial charge in [0.25, 0.3) is 0 Å². The Balaban J connectivity index is 1.71. The molecule has 0 aromatic heterocycles. The smallest absolute Gasteiger partial charge is 0.119 e. The fourth-order valence-electron chi connectivity index (χ4n) is 2.55. The molecular weight excluding hydrogens is 268 g/mol. The summed E-state index contributed by atoms with van der Waals surface area (Å²) < 4.78 is 5.91. The van der Waals surface area contributed by atoms with Crippen molar-refractivity contribution in [2.75, 3.05) is 0 Å². The van der Waals surface area contributed by atoms with E-state index in [2.05, 4.69) is 87.5 Å². The lowest BCUT2D eigenvalue weighted by molar-refractivity contribution is 0.306. The van der Waals surface area contributed by atoms with Crippen LogP contribution < -0.4 is 4.74 Å². The molecule has 0 aliphatic heterocycles. The number of fused-ring (bicyclic) bond motifs is 1. The molecule has 0 N–H and O–H groups in total. The highest BCUT2D eigenvalue weighted by atomic mass is 16.5. The highest BCUT2D eigenvalue weighted by Crippen LogP contribution is 2.25. The van der Waals surface area contributed by atoms with E-state index >= 15 is 0 Å². The number of hydrogen-bond acceptors (Lipinski definition) is 1. The summed E-state index contributed by atoms with van der Waals surface area (Å²) in [7, 11) is 0. The Labute approximate surface area is 132 Å². The molecule has 0 amide bonds. The van der Waals surface area contributed by atoms with Crippen LogP contribution in [0.25, 0.3) is 10.8 Å². The summed E-state index contributed by atoms with van der Waals surface area (Å²) in [5, 5.41) is 2.52. The molecule has 0 unspecified atom stereocenters. The zero-order chi connectivity index (χ0) is 15.6. The van der Waals surface area contributed by atoms with Crippen LogP contribution in [0.1, 0.15) is 31.9 Å². The molecular formula is C21H22O. The van der Waals surface area contributed by atoms with E-state index in [9.17, 15) is 0 Å². The zero-order valence-electron chi connectivity index (χ0n) is 13.5. The van der Waals surface area contributed by atoms with Crippen LogP contribution >= 0.6 is 0 Å². The molecule has 3 aromatic carbocycles. The third-order valence-corrected chi connectivity index (χ3v) is 3.94. The van der Waals surface area contributed by atoms with Gasteiger partial charge < -0.3 is 4.74 Å². The Kier molecular flexibility index (Phi) is 3.89. The van der Waals surface area contributed by atoms with Gasteiger partial charge in [-0.1, -0.05) is 69.3 Å². The van der Waals surface area contributed by atoms with E-state index in [0.717, 1.165) is 5.75 Å². The molecule has 0 aliphatic rings. The maximum absolute atomic E-state index is 5.91. The molecule has 0 radical (unpaired) electrons. The Morgan fingerprint density at radius 3 is 2.14 bits per heavy atom. The van der Waals surface area contributed by atoms with Crippen molar-refractivity contribution in [3.8, 4) is 5.75 Å². The van der Waals surface area contributed by atoms with Crippen molar-refractivity contribution in [1.29, 1.82) is 0 Å². The van der Waals surface area contributed by atoms with Crippen molar-refractivity contribution in [2.45, 2.75) is 32.8 Å². The molecule has 3 rings (SSSR count). The first-order valence-corrected chi connectivity index (χ1v) is 7.73. The second-order valence-corrected chi connectivity index (χ2v) is 6.74. The normalized spacial score (nSPS) is 11.6. The van der Waals surface area contributed by atoms with Crippen LogP contribution in [0.15, 0.2) is 66.7 Å². The summed E-state index contributed by atoms with van der Waals surface area (Å²) in [5.41, 5.74) is 2.70. The van der Waals surface area contributed by atoms with Gasteiger partial charge in [0.05, 0.1) is 0 Å². The standard InChI is InChI=1S/C21H22O/c1-21(2,3)19-10-12-20(13-11-19)22-15-16-8-9-17-6-4-5-7-18(17)14-16/h4-14H,15H2,1-3H3. The second kappa shape index (κ2) is 5.84. The molecule has 0 aliphatic carbocycles. The Hall–Kier alpha value is -2.28. The van der Waals surface area contributed by atoms with Crippen molar-refractivity contribution in [1.82, 2.24) is 0 Å². The van der Waals surface area contributed by atoms with Gasteiger partial charge in [-0.25, -0.2) is 0 Å². The van der Waals surface area contributed by atoms with Crippen molar-refractivity contribution < 1.29 is 4.74 Å². The van der Waals surface area contributed by atoms with Gasteiger partial charge in [0.1, 0.15) is 12.4 Å². The van der Waals surface area contributed by atoms with Gasteiger partial charge in [-0.05, 0) is 45.5 Å². The van der Waals surface area contributed by atoms with Crippen molar-refractivity contribution in [3.63, 3.8) is 0 Å². The van der Waals surface area contributed by atoms with E-state index in [0.29, 0.717) is 6.61 Å². The van der Waals surface area contributed by atoms with Gasteiger partial charge in [0, 0.05) is 0 Å². The Morgan fingerprint density at radius 2 is 1.45 bits per heavy atom. The Bertz CT molecular complexity index is 764. The molecule has 22 heavy (non-hydrogen) atoms. The van der Waals surface area contributed by atoms with Gasteiger partial charge in [-0.15, -0.1) is 0 Å². The molecule has 112 valence electrons. The first kappa shape index (κ1) is 14.6. The summed E-state index contributed by atoms with van der Waals surface area (Å²) in [6.07, 6.45) is 0. The number of hydrogen-bond donors (Lipinski definition) is 0. The number of rotatable bonds is 3. The molecule has 0 spiro atoms. The second-order valence-electron chi connectivity index (χ2n) is 6.74. The number of ether oxygens (including phenoxy) is 1. The van der Waals surface area contributed by atoms with E-state index in [4.69, 9.17) is 4.74 Å². The molecule has 3 aromatic rings. The highest BCUT2D eigenvalue weighted by molar-refractivity contribution is 5.82. The predicted molar refractivity (Wildman–Crippen MR) is 93.4 cm³/mol. The van der Waals surface area contributed by atoms with Crippen LogP contribution in [0.2, 0.25) is 0 Å². The van der Waals surface area contributed by atoms with Gasteiger partial charge >= 0.3 is 0 Å². The van der Waals surface area contributed by atoms with Crippen molar-refractivity contribution in [3.05, 3.63) is 77.9 Å². The molecule has 1 nitrogen and oxygen atoms in total. The largest absolute Gasteiger partial charge is 0.489 e. The lowest BCUT2D eigenvalue weighted by Crippen LogP contribution is -2.10. The maximum atomic E-state index is 5.91. The Morgan fingerprint density at radius 1 is 0.773 bits per heavy atom. The lowest BCUT2D eigenvalue weighted by Gasteiger charge is -2.19. The summed E-state index contributed by atoms with van der Waals surface area (Å²) in [4.78, 5) is 0. The van der Waals surface area contributed by atoms with Crippen LogP contribution in [0.3, 0.4) is 0 Å². The molecule has 0 heterocycles. The first-order valence-electron chi connectivity index (χ1n) is 7.73. The lowest BCUT2D eigenvalue weighted by atomic mass is 9.87. The SMILES string of the molecule is CC(C)(C)c1ccc(OCc2ccc3ccccc3c2)cc1. The van der Waals surface area contributed by atoms with E-state index < -0.39 is 0 Å². The van der Waals surface area contributed by atoms with Gasteiger partial charge in [-0.2, -0.15) is 0 Å². The third-order valence-electron chi connectivity index (χ3n) is 3.94. The minimum absolute atomic E-state index is 0.177. The molecule has 0 bridgehead atoms. The number of benzene rings is 3. The maximum Gasteiger partial charge on any atom is 0.119 e. The van der Waals surface area contributed by atoms with Gasteiger partial charge in [-0.3, -0.25) is 0 Å². The fraction of sp³-hybridized carbons (Fsp3) is 0.238. The van der Waals surface area contributed by atoms with Crippen LogP contribution in [0.5, 0.6) is 5.75 Å². The van der Waals surface area contributed by atoms with E-state index in [1.807, 2.05) is 0 Å². The van der Waals surface area contributed by atoms with Gasteiger partial charge in [0.15, 0.2) is 0 Å². The molecule has 0 fully saturated rings. The highest BCUT2D eigenvalue weighted by Gasteiger charge is 2.12. The quantitative estimate of drug-likeness (QED) is 0.599. The average Bonchev–Trinajstić information content (AvgIpc) is 2.52. The van der Waals surface area contributed by atoms with Crippen LogP contribution in [-0.4, -0.2) is 0 Å². The van der Waals surface area contributed by atoms with Crippen molar-refractivity contribution in [2.24, 2.45) is 0 Å². The summed E-state index contributed by atoms with van der Waals surface area (Å²) in [6.45, 7) is 7.26. The van der Waals surface area contributed by atoms with Crippen molar-refractivity contribution >= 4 is 10.8 Å². The van der Waals surface area contributed by atoms with Crippen LogP contribution in [-0.2, 0) is 12.0 Å². The summed E-state index contributed by atoms with van der Waals surface area (Å²) in [6, 6.07) is 23.3. The monoisotopic (exact) mass is 290 g/mol. The molecule has 0 saturated heterocycles. The zero-order valence-corrected chi connectivity index (χ0v) is 13.5. The van der Waals surface area contributed by atoms with E-state index in [1.54, 1.807) is 0 Å². The summed E-state index contributed by atoms with van der Waals surface area (Å²) >= 11 is 0. The minimum Gasteiger partial charge on any atom is -0.489 e. The van der Waals surface area contributed by atoms with Crippen LogP contribution in [0, 0.1) is 0 Å². The first-order chi connectivity index (χ1) is 10.5. The van der Waals surface area contributed by atoms with E-state index in [-0.39, 0.29) is 5.41 Å². The molecule has 1 heteroatoms. The van der Waals surface area contributed by atoms with Crippen LogP contribution in [0.4, 0.5) is 0 Å². The third kappa shape index (κ3) is 3.30. The summed E-state index contributed by atoms with van der Waals surface area (Å²) in [5.74, 6) is 0.918. The van der Waals surface area contributed by atoms with Gasteiger partial charge in [0.2, 0.25) is 0 Å². The predicted octanol–water partition coefficient (Wildman–Crippen LogP) is 5.72. The topological polar surface area (TPSA) is 9.23 Å². The van der Waals surface area contributed by atoms with E-state index in [1.165, 1.54) is 21.9 Å². The molecule has 0 saturated carbocycles. The fourth-order valence-corrected chi connectivity index (χ4v) is 2.55.